The van der Waals surface area contributed by atoms with Crippen molar-refractivity contribution in [3.05, 3.63) is 45.6 Å². The molecule has 0 bridgehead atoms. The summed E-state index contributed by atoms with van der Waals surface area (Å²) in [5.41, 5.74) is 1.83. The number of hydrogen-bond acceptors (Lipinski definition) is 4. The second kappa shape index (κ2) is 8.31. The Morgan fingerprint density at radius 3 is 2.58 bits per heavy atom. The molecule has 2 aromatic rings. The first-order valence-corrected chi connectivity index (χ1v) is 8.97. The molecular weight excluding hydrogens is 320 g/mol. The SMILES string of the molecule is COc1ccc(C(C)NC(C)Cc2ccc(C)s2)cc1NC(C)=O. The van der Waals surface area contributed by atoms with Crippen molar-refractivity contribution in [3.63, 3.8) is 0 Å². The monoisotopic (exact) mass is 346 g/mol. The van der Waals surface area contributed by atoms with Crippen molar-refractivity contribution in [3.8, 4) is 5.75 Å². The molecule has 4 nitrogen and oxygen atoms in total. The zero-order valence-corrected chi connectivity index (χ0v) is 15.8. The minimum absolute atomic E-state index is 0.104. The van der Waals surface area contributed by atoms with Crippen LogP contribution in [0.5, 0.6) is 5.75 Å². The molecule has 2 rings (SSSR count). The molecule has 2 atom stereocenters. The summed E-state index contributed by atoms with van der Waals surface area (Å²) in [6, 6.07) is 10.8. The van der Waals surface area contributed by atoms with Crippen LogP contribution < -0.4 is 15.4 Å². The number of benzene rings is 1. The van der Waals surface area contributed by atoms with Gasteiger partial charge in [0.2, 0.25) is 5.91 Å². The van der Waals surface area contributed by atoms with E-state index >= 15 is 0 Å². The van der Waals surface area contributed by atoms with Gasteiger partial charge in [-0.15, -0.1) is 11.3 Å². The quantitative estimate of drug-likeness (QED) is 0.785. The molecule has 130 valence electrons. The van der Waals surface area contributed by atoms with Gasteiger partial charge in [0.05, 0.1) is 12.8 Å². The van der Waals surface area contributed by atoms with E-state index in [4.69, 9.17) is 4.74 Å². The van der Waals surface area contributed by atoms with E-state index in [1.807, 2.05) is 29.5 Å². The largest absolute Gasteiger partial charge is 0.495 e. The van der Waals surface area contributed by atoms with Gasteiger partial charge in [0.1, 0.15) is 5.75 Å². The highest BCUT2D eigenvalue weighted by Crippen LogP contribution is 2.28. The average Bonchev–Trinajstić information content (AvgIpc) is 2.91. The number of carbonyl (C=O) groups excluding carboxylic acids is 1. The number of carbonyl (C=O) groups is 1. The number of anilines is 1. The molecule has 0 aliphatic rings. The molecule has 0 radical (unpaired) electrons. The smallest absolute Gasteiger partial charge is 0.221 e. The molecule has 0 saturated heterocycles. The zero-order chi connectivity index (χ0) is 17.7. The van der Waals surface area contributed by atoms with Gasteiger partial charge in [-0.05, 0) is 57.0 Å². The summed E-state index contributed by atoms with van der Waals surface area (Å²) in [4.78, 5) is 14.1. The maximum absolute atomic E-state index is 11.4. The standard InChI is InChI=1S/C19H26N2O2S/c1-12(10-17-8-6-13(2)24-17)20-14(3)16-7-9-19(23-5)18(11-16)21-15(4)22/h6-9,11-12,14,20H,10H2,1-5H3,(H,21,22). The summed E-state index contributed by atoms with van der Waals surface area (Å²) >= 11 is 1.85. The number of ether oxygens (including phenoxy) is 1. The lowest BCUT2D eigenvalue weighted by Crippen LogP contribution is -2.30. The number of rotatable bonds is 7. The van der Waals surface area contributed by atoms with E-state index in [0.717, 1.165) is 12.0 Å². The van der Waals surface area contributed by atoms with Gasteiger partial charge in [0.25, 0.3) is 0 Å². The third-order valence-electron chi connectivity index (χ3n) is 3.87. The maximum Gasteiger partial charge on any atom is 0.221 e. The number of amides is 1. The minimum Gasteiger partial charge on any atom is -0.495 e. The third kappa shape index (κ3) is 5.08. The van der Waals surface area contributed by atoms with Crippen LogP contribution in [0.4, 0.5) is 5.69 Å². The van der Waals surface area contributed by atoms with Gasteiger partial charge in [0, 0.05) is 28.8 Å². The Morgan fingerprint density at radius 2 is 2.00 bits per heavy atom. The Labute approximate surface area is 148 Å². The molecule has 0 saturated carbocycles. The lowest BCUT2D eigenvalue weighted by Gasteiger charge is -2.21. The van der Waals surface area contributed by atoms with Crippen LogP contribution in [0.25, 0.3) is 0 Å². The van der Waals surface area contributed by atoms with E-state index in [1.165, 1.54) is 16.7 Å². The topological polar surface area (TPSA) is 50.4 Å². The summed E-state index contributed by atoms with van der Waals surface area (Å²) in [6.07, 6.45) is 1.01. The first kappa shape index (κ1) is 18.5. The van der Waals surface area contributed by atoms with Gasteiger partial charge in [-0.25, -0.2) is 0 Å². The molecule has 5 heteroatoms. The molecule has 0 fully saturated rings. The minimum atomic E-state index is -0.104. The van der Waals surface area contributed by atoms with Crippen LogP contribution in [0.3, 0.4) is 0 Å². The zero-order valence-electron chi connectivity index (χ0n) is 15.0. The first-order chi connectivity index (χ1) is 11.4. The molecular formula is C19H26N2O2S. The highest BCUT2D eigenvalue weighted by Gasteiger charge is 2.13. The summed E-state index contributed by atoms with van der Waals surface area (Å²) in [6.45, 7) is 7.97. The molecule has 1 aromatic carbocycles. The Balaban J connectivity index is 2.05. The van der Waals surface area contributed by atoms with Gasteiger partial charge in [-0.2, -0.15) is 0 Å². The number of aryl methyl sites for hydroxylation is 1. The van der Waals surface area contributed by atoms with Gasteiger partial charge < -0.3 is 15.4 Å². The van der Waals surface area contributed by atoms with Gasteiger partial charge >= 0.3 is 0 Å². The summed E-state index contributed by atoms with van der Waals surface area (Å²) in [7, 11) is 1.60. The number of nitrogens with one attached hydrogen (secondary N) is 2. The highest BCUT2D eigenvalue weighted by atomic mass is 32.1. The second-order valence-corrected chi connectivity index (χ2v) is 7.52. The van der Waals surface area contributed by atoms with Crippen molar-refractivity contribution in [2.24, 2.45) is 0 Å². The van der Waals surface area contributed by atoms with Crippen molar-refractivity contribution in [2.75, 3.05) is 12.4 Å². The summed E-state index contributed by atoms with van der Waals surface area (Å²) in [5.74, 6) is 0.566. The van der Waals surface area contributed by atoms with Gasteiger partial charge in [-0.3, -0.25) is 4.79 Å². The second-order valence-electron chi connectivity index (χ2n) is 6.15. The molecule has 1 aromatic heterocycles. The van der Waals surface area contributed by atoms with Crippen molar-refractivity contribution in [1.29, 1.82) is 0 Å². The molecule has 24 heavy (non-hydrogen) atoms. The van der Waals surface area contributed by atoms with E-state index in [2.05, 4.69) is 43.5 Å². The molecule has 0 spiro atoms. The fourth-order valence-corrected chi connectivity index (χ4v) is 3.78. The predicted molar refractivity (Wildman–Crippen MR) is 101 cm³/mol. The van der Waals surface area contributed by atoms with Crippen molar-refractivity contribution < 1.29 is 9.53 Å². The lowest BCUT2D eigenvalue weighted by molar-refractivity contribution is -0.114. The van der Waals surface area contributed by atoms with E-state index < -0.39 is 0 Å². The molecule has 1 heterocycles. The van der Waals surface area contributed by atoms with Crippen LogP contribution in [0.2, 0.25) is 0 Å². The highest BCUT2D eigenvalue weighted by molar-refractivity contribution is 7.11. The van der Waals surface area contributed by atoms with Crippen LogP contribution in [0.15, 0.2) is 30.3 Å². The van der Waals surface area contributed by atoms with Crippen LogP contribution in [0, 0.1) is 6.92 Å². The van der Waals surface area contributed by atoms with Gasteiger partial charge in [0.15, 0.2) is 0 Å². The molecule has 0 aliphatic carbocycles. The van der Waals surface area contributed by atoms with Crippen LogP contribution in [-0.4, -0.2) is 19.1 Å². The fraction of sp³-hybridized carbons (Fsp3) is 0.421. The fourth-order valence-electron chi connectivity index (χ4n) is 2.76. The Hall–Kier alpha value is -1.85. The van der Waals surface area contributed by atoms with Gasteiger partial charge in [-0.1, -0.05) is 6.07 Å². The Morgan fingerprint density at radius 1 is 1.25 bits per heavy atom. The molecule has 0 aliphatic heterocycles. The normalized spacial score (nSPS) is 13.4. The number of methoxy groups -OCH3 is 1. The lowest BCUT2D eigenvalue weighted by atomic mass is 10.1. The van der Waals surface area contributed by atoms with E-state index in [9.17, 15) is 4.79 Å². The maximum atomic E-state index is 11.4. The van der Waals surface area contributed by atoms with Crippen molar-refractivity contribution in [2.45, 2.75) is 46.2 Å². The van der Waals surface area contributed by atoms with Crippen molar-refractivity contribution >= 4 is 22.9 Å². The van der Waals surface area contributed by atoms with Crippen LogP contribution >= 0.6 is 11.3 Å². The van der Waals surface area contributed by atoms with Crippen LogP contribution in [0.1, 0.15) is 42.1 Å². The number of hydrogen-bond donors (Lipinski definition) is 2. The first-order valence-electron chi connectivity index (χ1n) is 8.16. The molecule has 2 unspecified atom stereocenters. The Bertz CT molecular complexity index is 696. The van der Waals surface area contributed by atoms with E-state index in [1.54, 1.807) is 7.11 Å². The average molecular weight is 346 g/mol. The van der Waals surface area contributed by atoms with E-state index in [0.29, 0.717) is 17.5 Å². The Kier molecular flexibility index (Phi) is 6.40. The molecule has 2 N–H and O–H groups in total. The molecule has 1 amide bonds. The van der Waals surface area contributed by atoms with Crippen LogP contribution in [-0.2, 0) is 11.2 Å². The van der Waals surface area contributed by atoms with Crippen molar-refractivity contribution in [1.82, 2.24) is 5.32 Å². The third-order valence-corrected chi connectivity index (χ3v) is 4.90. The number of thiophene rings is 1. The summed E-state index contributed by atoms with van der Waals surface area (Å²) in [5, 5.41) is 6.45. The predicted octanol–water partition coefficient (Wildman–Crippen LogP) is 4.31. The van der Waals surface area contributed by atoms with E-state index in [-0.39, 0.29) is 11.9 Å². The summed E-state index contributed by atoms with van der Waals surface area (Å²) < 4.78 is 5.31.